The molecule has 0 bridgehead atoms. The number of benzene rings is 3. The van der Waals surface area contributed by atoms with Crippen molar-refractivity contribution in [3.63, 3.8) is 0 Å². The summed E-state index contributed by atoms with van der Waals surface area (Å²) in [6, 6.07) is 16.1. The first-order chi connectivity index (χ1) is 12.8. The zero-order valence-corrected chi connectivity index (χ0v) is 18.0. The monoisotopic (exact) mass is 356 g/mol. The minimum atomic E-state index is 1.01. The highest BCUT2D eigenvalue weighted by Gasteiger charge is 2.12. The molecule has 0 heteroatoms. The number of rotatable bonds is 4. The third-order valence-electron chi connectivity index (χ3n) is 6.29. The maximum Gasteiger partial charge on any atom is -0.00202 e. The SMILES string of the molecule is Cc1ccc(Cc2cc(C)c(C)c(Cc3ccc(C)c(C)c3)c2C)cc1C. The molecule has 0 saturated carbocycles. The summed E-state index contributed by atoms with van der Waals surface area (Å²) in [6.45, 7) is 15.6. The summed E-state index contributed by atoms with van der Waals surface area (Å²) < 4.78 is 0. The summed E-state index contributed by atoms with van der Waals surface area (Å²) in [4.78, 5) is 0. The van der Waals surface area contributed by atoms with Gasteiger partial charge in [-0.3, -0.25) is 0 Å². The van der Waals surface area contributed by atoms with E-state index in [4.69, 9.17) is 0 Å². The van der Waals surface area contributed by atoms with Crippen LogP contribution >= 0.6 is 0 Å². The molecule has 0 aliphatic carbocycles. The molecule has 0 N–H and O–H groups in total. The Labute approximate surface area is 165 Å². The fourth-order valence-electron chi connectivity index (χ4n) is 3.89. The van der Waals surface area contributed by atoms with Crippen LogP contribution in [0.3, 0.4) is 0 Å². The van der Waals surface area contributed by atoms with Crippen LogP contribution in [0.2, 0.25) is 0 Å². The largest absolute Gasteiger partial charge is 0.0588 e. The molecular formula is C27H32. The topological polar surface area (TPSA) is 0 Å². The Morgan fingerprint density at radius 2 is 1.00 bits per heavy atom. The predicted molar refractivity (Wildman–Crippen MR) is 118 cm³/mol. The Morgan fingerprint density at radius 1 is 0.481 bits per heavy atom. The van der Waals surface area contributed by atoms with E-state index < -0.39 is 0 Å². The lowest BCUT2D eigenvalue weighted by Gasteiger charge is -2.18. The van der Waals surface area contributed by atoms with E-state index in [9.17, 15) is 0 Å². The second-order valence-corrected chi connectivity index (χ2v) is 8.27. The van der Waals surface area contributed by atoms with Crippen LogP contribution in [0.4, 0.5) is 0 Å². The summed E-state index contributed by atoms with van der Waals surface area (Å²) in [7, 11) is 0. The van der Waals surface area contributed by atoms with E-state index >= 15 is 0 Å². The van der Waals surface area contributed by atoms with Crippen molar-refractivity contribution >= 4 is 0 Å². The molecule has 0 aromatic heterocycles. The molecule has 0 aliphatic rings. The van der Waals surface area contributed by atoms with Gasteiger partial charge in [0.1, 0.15) is 0 Å². The molecule has 0 radical (unpaired) electrons. The molecule has 0 heterocycles. The van der Waals surface area contributed by atoms with Gasteiger partial charge in [0.15, 0.2) is 0 Å². The molecule has 0 atom stereocenters. The molecule has 140 valence electrons. The minimum absolute atomic E-state index is 1.01. The zero-order valence-electron chi connectivity index (χ0n) is 18.0. The van der Waals surface area contributed by atoms with Crippen molar-refractivity contribution < 1.29 is 0 Å². The lowest BCUT2D eigenvalue weighted by Crippen LogP contribution is -2.04. The first kappa shape index (κ1) is 19.4. The molecule has 3 rings (SSSR count). The quantitative estimate of drug-likeness (QED) is 0.471. The zero-order chi connectivity index (χ0) is 19.7. The first-order valence-electron chi connectivity index (χ1n) is 9.97. The second kappa shape index (κ2) is 7.72. The van der Waals surface area contributed by atoms with Crippen LogP contribution in [-0.2, 0) is 12.8 Å². The van der Waals surface area contributed by atoms with Gasteiger partial charge in [0.25, 0.3) is 0 Å². The van der Waals surface area contributed by atoms with Crippen molar-refractivity contribution in [3.05, 3.63) is 104 Å². The van der Waals surface area contributed by atoms with Gasteiger partial charge in [0.2, 0.25) is 0 Å². The summed E-state index contributed by atoms with van der Waals surface area (Å²) in [5, 5.41) is 0. The molecule has 0 spiro atoms. The number of hydrogen-bond donors (Lipinski definition) is 0. The third kappa shape index (κ3) is 4.16. The normalized spacial score (nSPS) is 11.1. The Hall–Kier alpha value is -2.34. The average molecular weight is 357 g/mol. The minimum Gasteiger partial charge on any atom is -0.0588 e. The summed E-state index contributed by atoms with van der Waals surface area (Å²) >= 11 is 0. The highest BCUT2D eigenvalue weighted by Crippen LogP contribution is 2.27. The van der Waals surface area contributed by atoms with E-state index in [1.54, 1.807) is 0 Å². The van der Waals surface area contributed by atoms with E-state index in [2.05, 4.69) is 90.9 Å². The lowest BCUT2D eigenvalue weighted by atomic mass is 9.87. The maximum atomic E-state index is 2.39. The summed E-state index contributed by atoms with van der Waals surface area (Å²) in [5.41, 5.74) is 15.6. The standard InChI is InChI=1S/C27H32/c1-17-8-10-24(12-19(17)3)15-26-14-21(5)22(6)27(23(26)7)16-25-11-9-18(2)20(4)13-25/h8-14H,15-16H2,1-7H3. The molecular weight excluding hydrogens is 324 g/mol. The summed E-state index contributed by atoms with van der Waals surface area (Å²) in [5.74, 6) is 0. The van der Waals surface area contributed by atoms with Crippen LogP contribution in [-0.4, -0.2) is 0 Å². The number of hydrogen-bond acceptors (Lipinski definition) is 0. The van der Waals surface area contributed by atoms with Crippen molar-refractivity contribution in [2.75, 3.05) is 0 Å². The van der Waals surface area contributed by atoms with Gasteiger partial charge in [-0.25, -0.2) is 0 Å². The fourth-order valence-corrected chi connectivity index (χ4v) is 3.89. The van der Waals surface area contributed by atoms with Crippen LogP contribution in [0.5, 0.6) is 0 Å². The van der Waals surface area contributed by atoms with Gasteiger partial charge >= 0.3 is 0 Å². The molecule has 0 amide bonds. The van der Waals surface area contributed by atoms with Crippen molar-refractivity contribution in [3.8, 4) is 0 Å². The molecule has 3 aromatic carbocycles. The van der Waals surface area contributed by atoms with Crippen molar-refractivity contribution in [1.29, 1.82) is 0 Å². The van der Waals surface area contributed by atoms with Crippen LogP contribution in [0.15, 0.2) is 42.5 Å². The highest BCUT2D eigenvalue weighted by atomic mass is 14.2. The van der Waals surface area contributed by atoms with Crippen LogP contribution in [0.25, 0.3) is 0 Å². The fraction of sp³-hybridized carbons (Fsp3) is 0.333. The van der Waals surface area contributed by atoms with Crippen LogP contribution in [0.1, 0.15) is 61.2 Å². The molecule has 0 unspecified atom stereocenters. The van der Waals surface area contributed by atoms with Crippen molar-refractivity contribution in [2.45, 2.75) is 61.3 Å². The molecule has 0 fully saturated rings. The van der Waals surface area contributed by atoms with E-state index in [0.29, 0.717) is 0 Å². The maximum absolute atomic E-state index is 2.39. The molecule has 0 saturated heterocycles. The molecule has 0 nitrogen and oxygen atoms in total. The van der Waals surface area contributed by atoms with Gasteiger partial charge in [-0.15, -0.1) is 0 Å². The van der Waals surface area contributed by atoms with Crippen molar-refractivity contribution in [2.24, 2.45) is 0 Å². The second-order valence-electron chi connectivity index (χ2n) is 8.27. The van der Waals surface area contributed by atoms with Crippen LogP contribution < -0.4 is 0 Å². The van der Waals surface area contributed by atoms with Gasteiger partial charge in [0, 0.05) is 0 Å². The molecule has 0 aliphatic heterocycles. The van der Waals surface area contributed by atoms with Gasteiger partial charge in [-0.1, -0.05) is 42.5 Å². The van der Waals surface area contributed by atoms with Gasteiger partial charge in [-0.2, -0.15) is 0 Å². The predicted octanol–water partition coefficient (Wildman–Crippen LogP) is 7.03. The van der Waals surface area contributed by atoms with E-state index in [1.807, 2.05) is 0 Å². The Morgan fingerprint density at radius 3 is 1.52 bits per heavy atom. The lowest BCUT2D eigenvalue weighted by molar-refractivity contribution is 1.05. The van der Waals surface area contributed by atoms with E-state index in [0.717, 1.165) is 12.8 Å². The molecule has 27 heavy (non-hydrogen) atoms. The Balaban J connectivity index is 1.99. The van der Waals surface area contributed by atoms with E-state index in [1.165, 1.54) is 61.2 Å². The Kier molecular flexibility index (Phi) is 5.56. The average Bonchev–Trinajstić information content (AvgIpc) is 2.62. The first-order valence-corrected chi connectivity index (χ1v) is 9.97. The Bertz CT molecular complexity index is 989. The van der Waals surface area contributed by atoms with E-state index in [-0.39, 0.29) is 0 Å². The van der Waals surface area contributed by atoms with Crippen LogP contribution in [0, 0.1) is 48.5 Å². The van der Waals surface area contributed by atoms with Crippen molar-refractivity contribution in [1.82, 2.24) is 0 Å². The number of aryl methyl sites for hydroxylation is 5. The summed E-state index contributed by atoms with van der Waals surface area (Å²) in [6.07, 6.45) is 2.02. The van der Waals surface area contributed by atoms with Gasteiger partial charge in [-0.05, 0) is 123 Å². The van der Waals surface area contributed by atoms with Gasteiger partial charge in [0.05, 0.1) is 0 Å². The molecule has 3 aromatic rings. The smallest absolute Gasteiger partial charge is 0.00202 e. The van der Waals surface area contributed by atoms with Gasteiger partial charge < -0.3 is 0 Å². The highest BCUT2D eigenvalue weighted by molar-refractivity contribution is 5.49. The third-order valence-corrected chi connectivity index (χ3v) is 6.29.